The monoisotopic (exact) mass is 260 g/mol. The molecule has 6 heteroatoms. The molecule has 0 unspecified atom stereocenters. The molecule has 19 heavy (non-hydrogen) atoms. The van der Waals surface area contributed by atoms with Crippen molar-refractivity contribution < 1.29 is 19.2 Å². The maximum Gasteiger partial charge on any atom is 0.334 e. The molecule has 0 saturated carbocycles. The molecular weight excluding hydrogens is 248 g/mol. The molecule has 4 amide bonds. The molecule has 0 atom stereocenters. The van der Waals surface area contributed by atoms with E-state index in [0.717, 1.165) is 5.56 Å². The van der Waals surface area contributed by atoms with E-state index in [9.17, 15) is 19.2 Å². The van der Waals surface area contributed by atoms with E-state index in [2.05, 4.69) is 0 Å². The third-order valence-corrected chi connectivity index (χ3v) is 2.89. The molecule has 98 valence electrons. The molecule has 1 aliphatic heterocycles. The molecule has 0 bridgehead atoms. The molecule has 6 nitrogen and oxygen atoms in total. The number of benzene rings is 1. The number of rotatable bonds is 3. The minimum Gasteiger partial charge on any atom is -0.292 e. The van der Waals surface area contributed by atoms with Crippen LogP contribution in [0.4, 0.5) is 4.79 Å². The summed E-state index contributed by atoms with van der Waals surface area (Å²) >= 11 is 0. The van der Waals surface area contributed by atoms with Crippen LogP contribution in [-0.2, 0) is 9.59 Å². The number of hydrogen-bond donors (Lipinski definition) is 0. The van der Waals surface area contributed by atoms with Crippen molar-refractivity contribution in [3.63, 3.8) is 0 Å². The van der Waals surface area contributed by atoms with E-state index < -0.39 is 24.4 Å². The Kier molecular flexibility index (Phi) is 3.16. The van der Waals surface area contributed by atoms with Crippen LogP contribution in [0, 0.1) is 6.92 Å². The Bertz CT molecular complexity index is 594. The lowest BCUT2D eigenvalue weighted by molar-refractivity contribution is -0.142. The van der Waals surface area contributed by atoms with Gasteiger partial charge in [0.25, 0.3) is 0 Å². The Balaban J connectivity index is 2.18. The fraction of sp³-hybridized carbons (Fsp3) is 0.231. The van der Waals surface area contributed by atoms with Gasteiger partial charge in [0.05, 0.1) is 6.54 Å². The van der Waals surface area contributed by atoms with E-state index in [0.29, 0.717) is 15.4 Å². The van der Waals surface area contributed by atoms with Crippen LogP contribution >= 0.6 is 0 Å². The van der Waals surface area contributed by atoms with Crippen LogP contribution in [0.5, 0.6) is 0 Å². The van der Waals surface area contributed by atoms with Gasteiger partial charge >= 0.3 is 17.8 Å². The van der Waals surface area contributed by atoms with Crippen LogP contribution in [0.3, 0.4) is 0 Å². The second kappa shape index (κ2) is 4.64. The van der Waals surface area contributed by atoms with Crippen molar-refractivity contribution >= 4 is 23.6 Å². The van der Waals surface area contributed by atoms with Gasteiger partial charge in [-0.2, -0.15) is 0 Å². The number of aryl methyl sites for hydroxylation is 1. The fourth-order valence-electron chi connectivity index (χ4n) is 1.81. The third kappa shape index (κ3) is 2.24. The molecule has 0 N–H and O–H groups in total. The molecule has 0 aliphatic carbocycles. The van der Waals surface area contributed by atoms with Gasteiger partial charge in [0.1, 0.15) is 0 Å². The Morgan fingerprint density at radius 1 is 1.16 bits per heavy atom. The number of nitrogens with zero attached hydrogens (tertiary/aromatic N) is 2. The first-order valence-electron chi connectivity index (χ1n) is 5.65. The smallest absolute Gasteiger partial charge is 0.292 e. The fourth-order valence-corrected chi connectivity index (χ4v) is 1.81. The summed E-state index contributed by atoms with van der Waals surface area (Å²) in [5, 5.41) is 0. The molecule has 0 aromatic heterocycles. The van der Waals surface area contributed by atoms with Gasteiger partial charge in [-0.15, -0.1) is 0 Å². The van der Waals surface area contributed by atoms with E-state index in [4.69, 9.17) is 0 Å². The van der Waals surface area contributed by atoms with Gasteiger partial charge in [-0.05, 0) is 13.0 Å². The molecule has 0 radical (unpaired) electrons. The van der Waals surface area contributed by atoms with E-state index in [-0.39, 0.29) is 5.78 Å². The number of carbonyl (C=O) groups excluding carboxylic acids is 4. The minimum atomic E-state index is -0.964. The highest BCUT2D eigenvalue weighted by Crippen LogP contribution is 2.12. The van der Waals surface area contributed by atoms with E-state index in [1.165, 1.54) is 7.05 Å². The maximum absolute atomic E-state index is 12.0. The molecular formula is C13H12N2O4. The minimum absolute atomic E-state index is 0.381. The topological polar surface area (TPSA) is 74.8 Å². The number of amides is 4. The van der Waals surface area contributed by atoms with E-state index >= 15 is 0 Å². The standard InChI is InChI=1S/C13H12N2O4/c1-8-4-3-5-9(6-8)10(16)7-15-12(18)11(17)14(2)13(15)19/h3-6H,7H2,1-2H3. The molecule has 1 heterocycles. The van der Waals surface area contributed by atoms with Crippen LogP contribution < -0.4 is 0 Å². The van der Waals surface area contributed by atoms with Crippen molar-refractivity contribution in [3.05, 3.63) is 35.4 Å². The summed E-state index contributed by atoms with van der Waals surface area (Å²) < 4.78 is 0. The predicted molar refractivity (Wildman–Crippen MR) is 65.4 cm³/mol. The second-order valence-corrected chi connectivity index (χ2v) is 4.33. The summed E-state index contributed by atoms with van der Waals surface area (Å²) in [4.78, 5) is 47.8. The van der Waals surface area contributed by atoms with Gasteiger partial charge in [0.15, 0.2) is 5.78 Å². The van der Waals surface area contributed by atoms with E-state index in [1.54, 1.807) is 18.2 Å². The number of ketones is 1. The molecule has 1 fully saturated rings. The zero-order valence-corrected chi connectivity index (χ0v) is 10.5. The number of hydrogen-bond acceptors (Lipinski definition) is 4. The molecule has 1 aromatic rings. The lowest BCUT2D eigenvalue weighted by atomic mass is 10.1. The first kappa shape index (κ1) is 12.9. The van der Waals surface area contributed by atoms with Gasteiger partial charge in [-0.25, -0.2) is 9.69 Å². The number of carbonyl (C=O) groups is 4. The van der Waals surface area contributed by atoms with Crippen molar-refractivity contribution in [2.75, 3.05) is 13.6 Å². The summed E-state index contributed by atoms with van der Waals surface area (Å²) in [7, 11) is 1.21. The zero-order chi connectivity index (χ0) is 14.2. The first-order chi connectivity index (χ1) is 8.91. The van der Waals surface area contributed by atoms with Crippen molar-refractivity contribution in [1.29, 1.82) is 0 Å². The highest BCUT2D eigenvalue weighted by molar-refractivity contribution is 6.45. The van der Waals surface area contributed by atoms with Crippen LogP contribution in [-0.4, -0.2) is 47.0 Å². The van der Waals surface area contributed by atoms with Gasteiger partial charge in [-0.1, -0.05) is 23.8 Å². The molecule has 2 rings (SSSR count). The average molecular weight is 260 g/mol. The van der Waals surface area contributed by atoms with Crippen molar-refractivity contribution in [2.45, 2.75) is 6.92 Å². The van der Waals surface area contributed by atoms with Gasteiger partial charge in [0.2, 0.25) is 0 Å². The predicted octanol–water partition coefficient (Wildman–Crippen LogP) is 0.598. The van der Waals surface area contributed by atoms with Crippen molar-refractivity contribution in [1.82, 2.24) is 9.80 Å². The Morgan fingerprint density at radius 2 is 1.84 bits per heavy atom. The zero-order valence-electron chi connectivity index (χ0n) is 10.5. The van der Waals surface area contributed by atoms with Crippen LogP contribution in [0.25, 0.3) is 0 Å². The van der Waals surface area contributed by atoms with Crippen LogP contribution in [0.15, 0.2) is 24.3 Å². The molecule has 1 aromatic carbocycles. The molecule has 1 saturated heterocycles. The normalized spacial score (nSPS) is 15.4. The van der Waals surface area contributed by atoms with Crippen molar-refractivity contribution in [3.8, 4) is 0 Å². The second-order valence-electron chi connectivity index (χ2n) is 4.33. The number of urea groups is 1. The summed E-state index contributed by atoms with van der Waals surface area (Å²) in [6.07, 6.45) is 0. The number of Topliss-reactive ketones (excluding diaryl/α,β-unsaturated/α-hetero) is 1. The van der Waals surface area contributed by atoms with Gasteiger partial charge in [-0.3, -0.25) is 19.3 Å². The van der Waals surface area contributed by atoms with Crippen molar-refractivity contribution in [2.24, 2.45) is 0 Å². The summed E-state index contributed by atoms with van der Waals surface area (Å²) in [5.74, 6) is -2.26. The Labute approximate surface area is 109 Å². The van der Waals surface area contributed by atoms with E-state index in [1.807, 2.05) is 13.0 Å². The lowest BCUT2D eigenvalue weighted by Gasteiger charge is -2.11. The average Bonchev–Trinajstić information content (AvgIpc) is 2.56. The van der Waals surface area contributed by atoms with Crippen LogP contribution in [0.2, 0.25) is 0 Å². The highest BCUT2D eigenvalue weighted by atomic mass is 16.2. The summed E-state index contributed by atoms with van der Waals surface area (Å²) in [6.45, 7) is 1.41. The molecule has 0 spiro atoms. The van der Waals surface area contributed by atoms with Crippen LogP contribution in [0.1, 0.15) is 15.9 Å². The maximum atomic E-state index is 12.0. The lowest BCUT2D eigenvalue weighted by Crippen LogP contribution is -2.36. The Hall–Kier alpha value is -2.50. The van der Waals surface area contributed by atoms with Gasteiger partial charge < -0.3 is 0 Å². The van der Waals surface area contributed by atoms with Gasteiger partial charge in [0, 0.05) is 12.6 Å². The first-order valence-corrected chi connectivity index (χ1v) is 5.65. The highest BCUT2D eigenvalue weighted by Gasteiger charge is 2.42. The summed E-state index contributed by atoms with van der Waals surface area (Å²) in [5.41, 5.74) is 1.31. The SMILES string of the molecule is Cc1cccc(C(=O)CN2C(=O)C(=O)N(C)C2=O)c1. The summed E-state index contributed by atoms with van der Waals surface area (Å²) in [6, 6.07) is 6.05. The number of imide groups is 2. The largest absolute Gasteiger partial charge is 0.334 e. The number of likely N-dealkylation sites (N-methyl/N-ethyl adjacent to an activating group) is 1. The third-order valence-electron chi connectivity index (χ3n) is 2.89. The molecule has 1 aliphatic rings. The quantitative estimate of drug-likeness (QED) is 0.453. The Morgan fingerprint density at radius 3 is 2.37 bits per heavy atom.